The maximum atomic E-state index is 14.0. The number of carbonyl (C=O) groups is 7. The van der Waals surface area contributed by atoms with Crippen molar-refractivity contribution in [2.24, 2.45) is 5.41 Å². The molecule has 3 aliphatic rings. The third-order valence-electron chi connectivity index (χ3n) is 9.50. The van der Waals surface area contributed by atoms with E-state index in [-0.39, 0.29) is 49.2 Å². The lowest BCUT2D eigenvalue weighted by Gasteiger charge is -2.35. The molecule has 7 amide bonds. The quantitative estimate of drug-likeness (QED) is 0.221. The fourth-order valence-electron chi connectivity index (χ4n) is 6.73. The number of imide groups is 2. The summed E-state index contributed by atoms with van der Waals surface area (Å²) in [5, 5.41) is 18.3. The molecule has 0 spiro atoms. The first-order valence-electron chi connectivity index (χ1n) is 17.2. The SMILES string of the molecule is Cc1ncsc1-c1ccc(CNC(=O)[C@@H]2C[C@@H](O)CN2C(=O)[C@@H](NC(=O)COc2cccc3c2C(=O)N(C2CCC(=O)NC2=O)C3=O)C(C)(C)C)cc1. The Morgan fingerprint density at radius 2 is 1.81 bits per heavy atom. The lowest BCUT2D eigenvalue weighted by molar-refractivity contribution is -0.144. The Balaban J connectivity index is 1.09. The van der Waals surface area contributed by atoms with Crippen molar-refractivity contribution in [1.29, 1.82) is 0 Å². The molecule has 3 aliphatic heterocycles. The number of aromatic nitrogens is 1. The molecule has 2 saturated heterocycles. The molecule has 0 bridgehead atoms. The molecule has 0 saturated carbocycles. The monoisotopic (exact) mass is 744 g/mol. The number of carbonyl (C=O) groups excluding carboxylic acids is 7. The molecule has 4 N–H and O–H groups in total. The Bertz CT molecular complexity index is 1990. The van der Waals surface area contributed by atoms with Crippen LogP contribution in [-0.2, 0) is 30.5 Å². The van der Waals surface area contributed by atoms with Gasteiger partial charge in [-0.05, 0) is 42.0 Å². The summed E-state index contributed by atoms with van der Waals surface area (Å²) >= 11 is 1.55. The lowest BCUT2D eigenvalue weighted by Crippen LogP contribution is -2.58. The lowest BCUT2D eigenvalue weighted by atomic mass is 9.85. The summed E-state index contributed by atoms with van der Waals surface area (Å²) in [5.41, 5.74) is 3.62. The summed E-state index contributed by atoms with van der Waals surface area (Å²) in [6, 6.07) is 8.72. The van der Waals surface area contributed by atoms with E-state index in [0.717, 1.165) is 26.6 Å². The van der Waals surface area contributed by atoms with Gasteiger partial charge in [0.1, 0.15) is 23.9 Å². The van der Waals surface area contributed by atoms with Crippen molar-refractivity contribution in [3.8, 4) is 16.2 Å². The molecular formula is C37H40N6O9S. The van der Waals surface area contributed by atoms with Gasteiger partial charge >= 0.3 is 0 Å². The highest BCUT2D eigenvalue weighted by atomic mass is 32.1. The standard InChI is InChI=1S/C37H40N6O9S/c1-19-30(53-18-39-19)21-10-8-20(9-11-21)15-38-32(47)25-14-22(44)16-42(25)36(51)31(37(2,3)4)40-28(46)17-52-26-7-5-6-23-29(26)35(50)43(34(23)49)24-12-13-27(45)41-33(24)48/h5-11,18,22,24-25,31,44H,12-17H2,1-4H3,(H,38,47)(H,40,46)(H,41,45,48)/t22-,24?,25+,31-/m1/s1. The zero-order valence-corrected chi connectivity index (χ0v) is 30.5. The van der Waals surface area contributed by atoms with Crippen LogP contribution in [0.15, 0.2) is 48.0 Å². The number of piperidine rings is 1. The number of likely N-dealkylation sites (tertiary alicyclic amines) is 1. The highest BCUT2D eigenvalue weighted by Gasteiger charge is 2.47. The van der Waals surface area contributed by atoms with Gasteiger partial charge in [0.2, 0.25) is 23.6 Å². The van der Waals surface area contributed by atoms with Gasteiger partial charge in [0, 0.05) is 25.9 Å². The van der Waals surface area contributed by atoms with Crippen molar-refractivity contribution >= 4 is 52.7 Å². The summed E-state index contributed by atoms with van der Waals surface area (Å²) < 4.78 is 5.71. The number of hydrogen-bond donors (Lipinski definition) is 4. The summed E-state index contributed by atoms with van der Waals surface area (Å²) in [4.78, 5) is 98.8. The van der Waals surface area contributed by atoms with Crippen LogP contribution in [0.5, 0.6) is 5.75 Å². The minimum Gasteiger partial charge on any atom is -0.483 e. The molecule has 0 aliphatic carbocycles. The number of fused-ring (bicyclic) bond motifs is 1. The molecule has 0 radical (unpaired) electrons. The molecule has 16 heteroatoms. The molecule has 4 atom stereocenters. The highest BCUT2D eigenvalue weighted by Crippen LogP contribution is 2.34. The van der Waals surface area contributed by atoms with Gasteiger partial charge in [-0.2, -0.15) is 0 Å². The summed E-state index contributed by atoms with van der Waals surface area (Å²) in [6.07, 6.45) is -0.977. The number of nitrogens with one attached hydrogen (secondary N) is 3. The van der Waals surface area contributed by atoms with Crippen molar-refractivity contribution in [2.45, 2.75) is 77.7 Å². The molecule has 4 heterocycles. The van der Waals surface area contributed by atoms with Crippen molar-refractivity contribution in [1.82, 2.24) is 30.7 Å². The van der Waals surface area contributed by atoms with E-state index in [2.05, 4.69) is 20.9 Å². The van der Waals surface area contributed by atoms with Crippen LogP contribution < -0.4 is 20.7 Å². The number of β-amino-alcohol motifs (C(OH)–C–C–N with tert-alkyl or cyclic N) is 1. The van der Waals surface area contributed by atoms with E-state index >= 15 is 0 Å². The van der Waals surface area contributed by atoms with E-state index in [1.807, 2.05) is 31.2 Å². The average molecular weight is 745 g/mol. The van der Waals surface area contributed by atoms with Crippen molar-refractivity contribution in [3.05, 3.63) is 70.4 Å². The van der Waals surface area contributed by atoms with E-state index in [1.165, 1.54) is 23.1 Å². The Kier molecular flexibility index (Phi) is 10.5. The molecule has 3 aromatic rings. The maximum absolute atomic E-state index is 14.0. The van der Waals surface area contributed by atoms with Gasteiger partial charge in [-0.25, -0.2) is 4.98 Å². The second kappa shape index (κ2) is 14.9. The molecular weight excluding hydrogens is 705 g/mol. The Morgan fingerprint density at radius 1 is 1.08 bits per heavy atom. The third kappa shape index (κ3) is 7.69. The molecule has 1 unspecified atom stereocenters. The largest absolute Gasteiger partial charge is 0.483 e. The predicted octanol–water partition coefficient (Wildman–Crippen LogP) is 1.71. The van der Waals surface area contributed by atoms with E-state index < -0.39 is 77.6 Å². The Labute approximate surface area is 309 Å². The van der Waals surface area contributed by atoms with Crippen LogP contribution >= 0.6 is 11.3 Å². The van der Waals surface area contributed by atoms with Gasteiger partial charge in [-0.1, -0.05) is 51.1 Å². The second-order valence-electron chi connectivity index (χ2n) is 14.4. The van der Waals surface area contributed by atoms with Gasteiger partial charge in [-0.3, -0.25) is 43.8 Å². The number of hydrogen-bond acceptors (Lipinski definition) is 11. The molecule has 53 heavy (non-hydrogen) atoms. The van der Waals surface area contributed by atoms with Crippen LogP contribution in [0, 0.1) is 12.3 Å². The summed E-state index contributed by atoms with van der Waals surface area (Å²) in [6.45, 7) is 6.64. The number of aliphatic hydroxyl groups excluding tert-OH is 1. The minimum absolute atomic E-state index is 0.0136. The zero-order chi connectivity index (χ0) is 38.2. The molecule has 15 nitrogen and oxygen atoms in total. The highest BCUT2D eigenvalue weighted by molar-refractivity contribution is 7.13. The van der Waals surface area contributed by atoms with Crippen LogP contribution in [0.1, 0.15) is 72.0 Å². The summed E-state index contributed by atoms with van der Waals surface area (Å²) in [7, 11) is 0. The third-order valence-corrected chi connectivity index (χ3v) is 10.5. The molecule has 2 aromatic carbocycles. The van der Waals surface area contributed by atoms with Crippen molar-refractivity contribution < 1.29 is 43.4 Å². The van der Waals surface area contributed by atoms with Gasteiger partial charge in [0.15, 0.2) is 6.61 Å². The smallest absolute Gasteiger partial charge is 0.266 e. The van der Waals surface area contributed by atoms with Crippen LogP contribution in [-0.4, -0.2) is 98.6 Å². The van der Waals surface area contributed by atoms with Crippen molar-refractivity contribution in [2.75, 3.05) is 13.2 Å². The van der Waals surface area contributed by atoms with E-state index in [0.29, 0.717) is 0 Å². The average Bonchev–Trinajstić information content (AvgIpc) is 3.80. The first-order chi connectivity index (χ1) is 25.1. The number of aliphatic hydroxyl groups is 1. The first-order valence-corrected chi connectivity index (χ1v) is 18.0. The number of benzene rings is 2. The fourth-order valence-corrected chi connectivity index (χ4v) is 7.54. The number of rotatable bonds is 10. The normalized spacial score (nSPS) is 20.6. The number of aryl methyl sites for hydroxylation is 1. The van der Waals surface area contributed by atoms with Crippen molar-refractivity contribution in [3.63, 3.8) is 0 Å². The van der Waals surface area contributed by atoms with E-state index in [9.17, 15) is 38.7 Å². The van der Waals surface area contributed by atoms with Gasteiger partial charge in [-0.15, -0.1) is 11.3 Å². The fraction of sp³-hybridized carbons (Fsp3) is 0.405. The summed E-state index contributed by atoms with van der Waals surface area (Å²) in [5.74, 6) is -4.56. The molecule has 6 rings (SSSR count). The number of ether oxygens (including phenoxy) is 1. The Morgan fingerprint density at radius 3 is 2.47 bits per heavy atom. The van der Waals surface area contributed by atoms with Gasteiger partial charge < -0.3 is 25.4 Å². The van der Waals surface area contributed by atoms with E-state index in [4.69, 9.17) is 4.74 Å². The van der Waals surface area contributed by atoms with Gasteiger partial charge in [0.05, 0.1) is 33.3 Å². The number of amides is 7. The number of thiazole rings is 1. The van der Waals surface area contributed by atoms with Crippen LogP contribution in [0.2, 0.25) is 0 Å². The molecule has 278 valence electrons. The van der Waals surface area contributed by atoms with Gasteiger partial charge in [0.25, 0.3) is 17.7 Å². The first kappa shape index (κ1) is 37.3. The topological polar surface area (TPSA) is 204 Å². The van der Waals surface area contributed by atoms with Crippen LogP contribution in [0.4, 0.5) is 0 Å². The zero-order valence-electron chi connectivity index (χ0n) is 29.6. The predicted molar refractivity (Wildman–Crippen MR) is 190 cm³/mol. The maximum Gasteiger partial charge on any atom is 0.266 e. The van der Waals surface area contributed by atoms with E-state index in [1.54, 1.807) is 37.6 Å². The molecule has 1 aromatic heterocycles. The molecule has 2 fully saturated rings. The number of nitrogens with zero attached hydrogens (tertiary/aromatic N) is 3. The van der Waals surface area contributed by atoms with Crippen LogP contribution in [0.3, 0.4) is 0 Å². The second-order valence-corrected chi connectivity index (χ2v) is 15.2. The Hall–Kier alpha value is -5.48. The van der Waals surface area contributed by atoms with Crippen LogP contribution in [0.25, 0.3) is 10.4 Å². The minimum atomic E-state index is -1.17.